The molecular formula is C16H11F2N3O2. The van der Waals surface area contributed by atoms with Crippen LogP contribution in [0.25, 0.3) is 11.4 Å². The van der Waals surface area contributed by atoms with Crippen molar-refractivity contribution in [2.24, 2.45) is 5.16 Å². The van der Waals surface area contributed by atoms with Gasteiger partial charge in [0.2, 0.25) is 5.82 Å². The fourth-order valence-electron chi connectivity index (χ4n) is 1.81. The molecular weight excluding hydrogens is 304 g/mol. The minimum absolute atomic E-state index is 0.0278. The lowest BCUT2D eigenvalue weighted by atomic mass is 10.2. The van der Waals surface area contributed by atoms with Crippen LogP contribution in [-0.4, -0.2) is 16.4 Å². The number of benzene rings is 2. The Balaban J connectivity index is 1.58. The van der Waals surface area contributed by atoms with E-state index in [4.69, 9.17) is 9.36 Å². The van der Waals surface area contributed by atoms with E-state index in [9.17, 15) is 8.78 Å². The Morgan fingerprint density at radius 1 is 1.09 bits per heavy atom. The van der Waals surface area contributed by atoms with Gasteiger partial charge in [-0.15, -0.1) is 0 Å². The van der Waals surface area contributed by atoms with Crippen LogP contribution in [0.4, 0.5) is 8.78 Å². The van der Waals surface area contributed by atoms with E-state index in [2.05, 4.69) is 15.3 Å². The molecule has 1 heterocycles. The molecule has 0 saturated heterocycles. The van der Waals surface area contributed by atoms with E-state index < -0.39 is 0 Å². The van der Waals surface area contributed by atoms with Crippen molar-refractivity contribution in [3.05, 3.63) is 71.6 Å². The molecule has 2 aromatic carbocycles. The second-order valence-corrected chi connectivity index (χ2v) is 4.58. The number of nitrogens with zero attached hydrogens (tertiary/aromatic N) is 3. The first-order valence-electron chi connectivity index (χ1n) is 6.70. The largest absolute Gasteiger partial charge is 0.386 e. The molecule has 3 rings (SSSR count). The van der Waals surface area contributed by atoms with Gasteiger partial charge in [-0.05, 0) is 42.0 Å². The van der Waals surface area contributed by atoms with E-state index in [1.165, 1.54) is 30.5 Å². The van der Waals surface area contributed by atoms with Gasteiger partial charge in [-0.1, -0.05) is 22.4 Å². The number of rotatable bonds is 5. The molecule has 1 aromatic heterocycles. The molecule has 0 spiro atoms. The summed E-state index contributed by atoms with van der Waals surface area (Å²) in [6.07, 6.45) is 1.38. The van der Waals surface area contributed by atoms with E-state index in [0.717, 1.165) is 0 Å². The number of aromatic nitrogens is 2. The third-order valence-corrected chi connectivity index (χ3v) is 2.88. The summed E-state index contributed by atoms with van der Waals surface area (Å²) in [6.45, 7) is -0.0278. The molecule has 116 valence electrons. The van der Waals surface area contributed by atoms with Crippen LogP contribution in [0.15, 0.2) is 58.2 Å². The average molecular weight is 315 g/mol. The smallest absolute Gasteiger partial charge is 0.267 e. The first kappa shape index (κ1) is 14.8. The summed E-state index contributed by atoms with van der Waals surface area (Å²) < 4.78 is 30.8. The molecule has 0 aliphatic heterocycles. The lowest BCUT2D eigenvalue weighted by Gasteiger charge is -1.94. The predicted molar refractivity (Wildman–Crippen MR) is 78.5 cm³/mol. The maximum absolute atomic E-state index is 13.0. The quantitative estimate of drug-likeness (QED) is 0.533. The minimum atomic E-state index is -0.352. The van der Waals surface area contributed by atoms with Gasteiger partial charge in [0.1, 0.15) is 11.6 Å². The van der Waals surface area contributed by atoms with Gasteiger partial charge in [-0.25, -0.2) is 8.78 Å². The maximum atomic E-state index is 13.0. The molecule has 0 aliphatic rings. The van der Waals surface area contributed by atoms with Crippen LogP contribution in [0.3, 0.4) is 0 Å². The monoisotopic (exact) mass is 315 g/mol. The van der Waals surface area contributed by atoms with Gasteiger partial charge in [-0.3, -0.25) is 0 Å². The predicted octanol–water partition coefficient (Wildman–Crippen LogP) is 3.57. The van der Waals surface area contributed by atoms with Crippen molar-refractivity contribution >= 4 is 6.21 Å². The lowest BCUT2D eigenvalue weighted by molar-refractivity contribution is 0.107. The van der Waals surface area contributed by atoms with Crippen LogP contribution in [0.1, 0.15) is 11.5 Å². The zero-order valence-electron chi connectivity index (χ0n) is 11.8. The van der Waals surface area contributed by atoms with Crippen molar-refractivity contribution in [2.45, 2.75) is 6.61 Å². The van der Waals surface area contributed by atoms with Gasteiger partial charge in [0, 0.05) is 5.56 Å². The highest BCUT2D eigenvalue weighted by Crippen LogP contribution is 2.16. The maximum Gasteiger partial charge on any atom is 0.267 e. The summed E-state index contributed by atoms with van der Waals surface area (Å²) in [7, 11) is 0. The van der Waals surface area contributed by atoms with Crippen molar-refractivity contribution < 1.29 is 18.1 Å². The molecule has 0 amide bonds. The van der Waals surface area contributed by atoms with Crippen LogP contribution in [0, 0.1) is 11.6 Å². The van der Waals surface area contributed by atoms with Crippen LogP contribution < -0.4 is 0 Å². The molecule has 0 fully saturated rings. The lowest BCUT2D eigenvalue weighted by Crippen LogP contribution is -1.89. The van der Waals surface area contributed by atoms with Crippen molar-refractivity contribution in [3.63, 3.8) is 0 Å². The molecule has 0 unspecified atom stereocenters. The van der Waals surface area contributed by atoms with Gasteiger partial charge in [0.15, 0.2) is 6.61 Å². The molecule has 0 N–H and O–H groups in total. The molecule has 5 nitrogen and oxygen atoms in total. The summed E-state index contributed by atoms with van der Waals surface area (Å²) in [6, 6.07) is 11.6. The average Bonchev–Trinajstić information content (AvgIpc) is 3.01. The topological polar surface area (TPSA) is 60.5 Å². The normalized spacial score (nSPS) is 11.0. The number of halogens is 2. The van der Waals surface area contributed by atoms with Crippen LogP contribution in [0.2, 0.25) is 0 Å². The summed E-state index contributed by atoms with van der Waals surface area (Å²) in [4.78, 5) is 9.13. The summed E-state index contributed by atoms with van der Waals surface area (Å²) >= 11 is 0. The highest BCUT2D eigenvalue weighted by Gasteiger charge is 2.08. The van der Waals surface area contributed by atoms with Crippen molar-refractivity contribution in [1.82, 2.24) is 10.1 Å². The van der Waals surface area contributed by atoms with E-state index in [1.54, 1.807) is 24.3 Å². The fourth-order valence-corrected chi connectivity index (χ4v) is 1.81. The molecule has 0 bridgehead atoms. The Hall–Kier alpha value is -3.09. The standard InChI is InChI=1S/C16H11F2N3O2/c17-13-6-4-12(5-7-13)16-20-15(23-21-16)10-22-19-9-11-2-1-3-14(18)8-11/h1-9H,10H2/b19-9-. The molecule has 7 heteroatoms. The zero-order valence-corrected chi connectivity index (χ0v) is 11.8. The van der Waals surface area contributed by atoms with Gasteiger partial charge in [-0.2, -0.15) is 4.98 Å². The molecule has 0 radical (unpaired) electrons. The Bertz CT molecular complexity index is 816. The second-order valence-electron chi connectivity index (χ2n) is 4.58. The van der Waals surface area contributed by atoms with Crippen LogP contribution in [0.5, 0.6) is 0 Å². The molecule has 23 heavy (non-hydrogen) atoms. The van der Waals surface area contributed by atoms with E-state index in [-0.39, 0.29) is 24.1 Å². The third-order valence-electron chi connectivity index (χ3n) is 2.88. The SMILES string of the molecule is Fc1ccc(-c2noc(CO/N=C\c3cccc(F)c3)n2)cc1. The van der Waals surface area contributed by atoms with Crippen molar-refractivity contribution in [2.75, 3.05) is 0 Å². The summed E-state index contributed by atoms with van der Waals surface area (Å²) in [5.41, 5.74) is 1.20. The molecule has 0 atom stereocenters. The molecule has 0 saturated carbocycles. The van der Waals surface area contributed by atoms with Crippen molar-refractivity contribution in [3.8, 4) is 11.4 Å². The van der Waals surface area contributed by atoms with Gasteiger partial charge < -0.3 is 9.36 Å². The van der Waals surface area contributed by atoms with Gasteiger partial charge in [0.25, 0.3) is 5.89 Å². The van der Waals surface area contributed by atoms with Crippen LogP contribution >= 0.6 is 0 Å². The Morgan fingerprint density at radius 3 is 2.70 bits per heavy atom. The Labute approximate surface area is 130 Å². The summed E-state index contributed by atoms with van der Waals surface area (Å²) in [5, 5.41) is 7.48. The first-order valence-corrected chi connectivity index (χ1v) is 6.70. The second kappa shape index (κ2) is 6.78. The van der Waals surface area contributed by atoms with E-state index in [1.807, 2.05) is 0 Å². The Morgan fingerprint density at radius 2 is 1.91 bits per heavy atom. The fraction of sp³-hybridized carbons (Fsp3) is 0.0625. The van der Waals surface area contributed by atoms with E-state index >= 15 is 0 Å². The number of oxime groups is 1. The highest BCUT2D eigenvalue weighted by atomic mass is 19.1. The molecule has 0 aliphatic carbocycles. The van der Waals surface area contributed by atoms with Crippen molar-refractivity contribution in [1.29, 1.82) is 0 Å². The van der Waals surface area contributed by atoms with E-state index in [0.29, 0.717) is 17.0 Å². The number of hydrogen-bond donors (Lipinski definition) is 0. The molecule has 3 aromatic rings. The van der Waals surface area contributed by atoms with Crippen LogP contribution in [-0.2, 0) is 11.4 Å². The number of hydrogen-bond acceptors (Lipinski definition) is 5. The van der Waals surface area contributed by atoms with Gasteiger partial charge >= 0.3 is 0 Å². The summed E-state index contributed by atoms with van der Waals surface area (Å²) in [5.74, 6) is -0.138. The Kier molecular flexibility index (Phi) is 4.37. The third kappa shape index (κ3) is 3.97. The minimum Gasteiger partial charge on any atom is -0.386 e. The first-order chi connectivity index (χ1) is 11.2. The van der Waals surface area contributed by atoms with Gasteiger partial charge in [0.05, 0.1) is 6.21 Å². The highest BCUT2D eigenvalue weighted by molar-refractivity contribution is 5.78. The zero-order chi connectivity index (χ0) is 16.1.